The smallest absolute Gasteiger partial charge is 0.421 e. The van der Waals surface area contributed by atoms with Gasteiger partial charge in [-0.15, -0.1) is 0 Å². The van der Waals surface area contributed by atoms with Crippen molar-refractivity contribution >= 4 is 41.3 Å². The number of benzene rings is 5. The number of carbonyl (C=O) groups excluding carboxylic acids is 4. The van der Waals surface area contributed by atoms with Crippen LogP contribution in [0.25, 0.3) is 0 Å². The molecule has 4 amide bonds. The third kappa shape index (κ3) is 7.61. The van der Waals surface area contributed by atoms with E-state index in [9.17, 15) is 39.5 Å². The standard InChI is InChI=1S/C47H39N5O12/c48-45(58)49-22-8-9-28-18-21-36-35(25-28)47(44(57)50(36)46(59)63-27-29-16-19-33(20-17-29)52(60)61)37(42(54)55)39-43(56)64-40(31-12-5-2-6-13-31)38(30-10-3-1-4-11-30)51(39)41(47)32-14-7-15-34(26-32)62-24-23-53/h1-7,10-21,25-26,37-41,53H,22-24,27H2,(H,54,55)(H3,48,49,58). The molecule has 17 heteroatoms. The molecule has 64 heavy (non-hydrogen) atoms. The number of ether oxygens (including phenoxy) is 3. The van der Waals surface area contributed by atoms with Crippen LogP contribution in [0.3, 0.4) is 0 Å². The zero-order chi connectivity index (χ0) is 45.1. The van der Waals surface area contributed by atoms with Gasteiger partial charge in [0, 0.05) is 17.7 Å². The SMILES string of the molecule is NC(=O)NCC#Cc1ccc2c(c1)C1(C(=O)N2C(=O)OCc2ccc([N+](=O)[O-])cc2)C(C(=O)O)C2C(=O)OC(c3ccccc3)C(c3ccccc3)N2C1c1cccc(OCCO)c1. The molecule has 1 spiro atoms. The first-order chi connectivity index (χ1) is 30.9. The van der Waals surface area contributed by atoms with E-state index in [2.05, 4.69) is 17.2 Å². The number of carboxylic acid groups (broad SMARTS) is 1. The number of carboxylic acids is 1. The van der Waals surface area contributed by atoms with Crippen molar-refractivity contribution in [3.8, 4) is 17.6 Å². The second-order valence-electron chi connectivity index (χ2n) is 15.1. The van der Waals surface area contributed by atoms with E-state index in [0.717, 1.165) is 4.90 Å². The molecule has 324 valence electrons. The molecular formula is C47H39N5O12. The minimum absolute atomic E-state index is 0.0313. The van der Waals surface area contributed by atoms with Gasteiger partial charge in [-0.25, -0.2) is 14.5 Å². The summed E-state index contributed by atoms with van der Waals surface area (Å²) in [7, 11) is 0. The molecule has 3 aliphatic heterocycles. The number of nitrogens with one attached hydrogen (secondary N) is 1. The Hall–Kier alpha value is -8.07. The van der Waals surface area contributed by atoms with Gasteiger partial charge >= 0.3 is 24.1 Å². The number of cyclic esters (lactones) is 1. The Morgan fingerprint density at radius 2 is 1.56 bits per heavy atom. The fourth-order valence-corrected chi connectivity index (χ4v) is 9.08. The van der Waals surface area contributed by atoms with E-state index in [-0.39, 0.29) is 48.0 Å². The topological polar surface area (TPSA) is 241 Å². The molecule has 5 N–H and O–H groups in total. The summed E-state index contributed by atoms with van der Waals surface area (Å²) in [6, 6.07) is 29.4. The Kier molecular flexibility index (Phi) is 11.8. The van der Waals surface area contributed by atoms with Gasteiger partial charge in [0.15, 0.2) is 0 Å². The maximum absolute atomic E-state index is 16.0. The zero-order valence-electron chi connectivity index (χ0n) is 33.7. The van der Waals surface area contributed by atoms with Crippen LogP contribution in [0.2, 0.25) is 0 Å². The number of urea groups is 1. The lowest BCUT2D eigenvalue weighted by atomic mass is 9.65. The van der Waals surface area contributed by atoms with E-state index in [1.807, 2.05) is 12.1 Å². The number of carbonyl (C=O) groups is 5. The number of morpholine rings is 1. The number of anilines is 1. The molecule has 0 saturated carbocycles. The van der Waals surface area contributed by atoms with Crippen molar-refractivity contribution in [3.05, 3.63) is 171 Å². The number of amides is 4. The van der Waals surface area contributed by atoms with Gasteiger partial charge in [-0.2, -0.15) is 0 Å². The van der Waals surface area contributed by atoms with E-state index in [1.54, 1.807) is 77.7 Å². The predicted octanol–water partition coefficient (Wildman–Crippen LogP) is 5.07. The van der Waals surface area contributed by atoms with Crippen LogP contribution < -0.4 is 20.7 Å². The van der Waals surface area contributed by atoms with Crippen LogP contribution in [-0.4, -0.2) is 75.8 Å². The molecule has 0 aromatic heterocycles. The fraction of sp³-hybridized carbons (Fsp3) is 0.213. The van der Waals surface area contributed by atoms with Crippen molar-refractivity contribution in [2.24, 2.45) is 11.7 Å². The maximum Gasteiger partial charge on any atom is 0.421 e. The Bertz CT molecular complexity index is 2710. The van der Waals surface area contributed by atoms with E-state index >= 15 is 4.79 Å². The van der Waals surface area contributed by atoms with Gasteiger partial charge < -0.3 is 35.5 Å². The summed E-state index contributed by atoms with van der Waals surface area (Å²) >= 11 is 0. The number of esters is 1. The molecule has 5 aromatic rings. The Morgan fingerprint density at radius 1 is 0.875 bits per heavy atom. The highest BCUT2D eigenvalue weighted by molar-refractivity contribution is 6.23. The molecular weight excluding hydrogens is 827 g/mol. The quantitative estimate of drug-likeness (QED) is 0.0588. The summed E-state index contributed by atoms with van der Waals surface area (Å²) in [5.74, 6) is 0.529. The van der Waals surface area contributed by atoms with Crippen LogP contribution in [0.15, 0.2) is 127 Å². The Balaban J connectivity index is 1.38. The highest BCUT2D eigenvalue weighted by Gasteiger charge is 2.76. The Morgan fingerprint density at radius 3 is 2.22 bits per heavy atom. The van der Waals surface area contributed by atoms with Crippen molar-refractivity contribution < 1.29 is 53.3 Å². The van der Waals surface area contributed by atoms with Crippen LogP contribution in [0.4, 0.5) is 21.0 Å². The molecule has 8 rings (SSSR count). The summed E-state index contributed by atoms with van der Waals surface area (Å²) in [5.41, 5.74) is 4.87. The molecule has 0 aliphatic carbocycles. The maximum atomic E-state index is 16.0. The van der Waals surface area contributed by atoms with Gasteiger partial charge in [0.2, 0.25) is 5.91 Å². The number of aliphatic hydroxyl groups is 1. The summed E-state index contributed by atoms with van der Waals surface area (Å²) in [4.78, 5) is 84.0. The highest BCUT2D eigenvalue weighted by Crippen LogP contribution is 2.66. The van der Waals surface area contributed by atoms with E-state index in [4.69, 9.17) is 19.9 Å². The van der Waals surface area contributed by atoms with E-state index in [0.29, 0.717) is 22.3 Å². The number of fused-ring (bicyclic) bond motifs is 3. The number of hydrogen-bond acceptors (Lipinski definition) is 12. The molecule has 0 bridgehead atoms. The number of nitro groups is 1. The lowest BCUT2D eigenvalue weighted by molar-refractivity contribution is -0.384. The highest BCUT2D eigenvalue weighted by atomic mass is 16.6. The number of nitrogens with two attached hydrogens (primary N) is 1. The van der Waals surface area contributed by atoms with Crippen LogP contribution in [0.5, 0.6) is 5.75 Å². The normalized spacial score (nSPS) is 22.1. The molecule has 2 fully saturated rings. The predicted molar refractivity (Wildman–Crippen MR) is 226 cm³/mol. The van der Waals surface area contributed by atoms with Crippen LogP contribution in [-0.2, 0) is 35.9 Å². The van der Waals surface area contributed by atoms with Gasteiger partial charge in [0.05, 0.1) is 35.8 Å². The summed E-state index contributed by atoms with van der Waals surface area (Å²) in [6.07, 6.45) is -2.22. The number of aliphatic carboxylic acids is 1. The third-order valence-corrected chi connectivity index (χ3v) is 11.5. The minimum Gasteiger partial charge on any atom is -0.491 e. The molecule has 17 nitrogen and oxygen atoms in total. The van der Waals surface area contributed by atoms with Crippen molar-refractivity contribution in [1.82, 2.24) is 10.2 Å². The molecule has 6 unspecified atom stereocenters. The number of imide groups is 1. The number of aliphatic hydroxyl groups excluding tert-OH is 1. The van der Waals surface area contributed by atoms with E-state index in [1.165, 1.54) is 42.5 Å². The van der Waals surface area contributed by atoms with Gasteiger partial charge in [-0.1, -0.05) is 84.6 Å². The number of non-ortho nitro benzene ring substituents is 1. The minimum atomic E-state index is -2.31. The largest absolute Gasteiger partial charge is 0.491 e. The number of nitro benzene ring substituents is 1. The molecule has 3 heterocycles. The first kappa shape index (κ1) is 42.6. The number of nitrogens with zero attached hydrogens (tertiary/aromatic N) is 3. The lowest BCUT2D eigenvalue weighted by Crippen LogP contribution is -2.53. The van der Waals surface area contributed by atoms with Crippen molar-refractivity contribution in [1.29, 1.82) is 0 Å². The van der Waals surface area contributed by atoms with Crippen molar-refractivity contribution in [2.45, 2.75) is 36.3 Å². The lowest BCUT2D eigenvalue weighted by Gasteiger charge is -2.46. The average Bonchev–Trinajstić information content (AvgIpc) is 3.76. The molecule has 2 saturated heterocycles. The van der Waals surface area contributed by atoms with Gasteiger partial charge in [-0.05, 0) is 70.3 Å². The van der Waals surface area contributed by atoms with E-state index < -0.39 is 77.1 Å². The van der Waals surface area contributed by atoms with Gasteiger partial charge in [0.1, 0.15) is 42.4 Å². The van der Waals surface area contributed by atoms with Crippen molar-refractivity contribution in [2.75, 3.05) is 24.7 Å². The molecule has 5 aromatic carbocycles. The van der Waals surface area contributed by atoms with Crippen LogP contribution in [0.1, 0.15) is 51.6 Å². The monoisotopic (exact) mass is 865 g/mol. The number of primary amides is 1. The summed E-state index contributed by atoms with van der Waals surface area (Å²) in [6.45, 7) is -0.998. The molecule has 0 radical (unpaired) electrons. The number of hydrogen-bond donors (Lipinski definition) is 4. The van der Waals surface area contributed by atoms with Crippen molar-refractivity contribution in [3.63, 3.8) is 0 Å². The Labute approximate surface area is 365 Å². The average molecular weight is 866 g/mol. The fourth-order valence-electron chi connectivity index (χ4n) is 9.08. The van der Waals surface area contributed by atoms with Crippen LogP contribution in [0, 0.1) is 27.9 Å². The molecule has 6 atom stereocenters. The van der Waals surface area contributed by atoms with Crippen LogP contribution >= 0.6 is 0 Å². The zero-order valence-corrected chi connectivity index (χ0v) is 33.7. The molecule has 3 aliphatic rings. The summed E-state index contributed by atoms with van der Waals surface area (Å²) in [5, 5.41) is 34.9. The van der Waals surface area contributed by atoms with Gasteiger partial charge in [-0.3, -0.25) is 29.4 Å². The number of rotatable bonds is 11. The second-order valence-corrected chi connectivity index (χ2v) is 15.1. The summed E-state index contributed by atoms with van der Waals surface area (Å²) < 4.78 is 17.8. The third-order valence-electron chi connectivity index (χ3n) is 11.5. The first-order valence-electron chi connectivity index (χ1n) is 20.0. The van der Waals surface area contributed by atoms with Gasteiger partial charge in [0.25, 0.3) is 5.69 Å². The second kappa shape index (κ2) is 17.7. The first-order valence-corrected chi connectivity index (χ1v) is 20.0.